The van der Waals surface area contributed by atoms with E-state index in [0.717, 1.165) is 56.9 Å². The highest BCUT2D eigenvalue weighted by molar-refractivity contribution is 5.90. The highest BCUT2D eigenvalue weighted by Crippen LogP contribution is 2.62. The van der Waals surface area contributed by atoms with Gasteiger partial charge in [0, 0.05) is 60.3 Å². The van der Waals surface area contributed by atoms with Gasteiger partial charge < -0.3 is 38.7 Å². The molecule has 9 aliphatic rings. The lowest BCUT2D eigenvalue weighted by atomic mass is 9.48. The van der Waals surface area contributed by atoms with Gasteiger partial charge in [-0.2, -0.15) is 0 Å². The van der Waals surface area contributed by atoms with E-state index in [4.69, 9.17) is 23.4 Å². The number of esters is 2. The van der Waals surface area contributed by atoms with Crippen molar-refractivity contribution in [3.05, 3.63) is 174 Å². The maximum absolute atomic E-state index is 15.8. The molecule has 3 fully saturated rings. The second-order valence-corrected chi connectivity index (χ2v) is 25.1. The fraction of sp³-hybridized carbons (Fsp3) is 0.500. The van der Waals surface area contributed by atoms with Gasteiger partial charge in [-0.05, 0) is 182 Å². The highest BCUT2D eigenvalue weighted by atomic mass is 16.6. The Balaban J connectivity index is 0.951. The number of benzene rings is 4. The fourth-order valence-electron chi connectivity index (χ4n) is 17.6. The molecular formula is C70H78O11. The van der Waals surface area contributed by atoms with Crippen LogP contribution in [-0.2, 0) is 48.7 Å². The molecule has 2 spiro atoms. The average Bonchev–Trinajstić information content (AvgIpc) is 2.61. The van der Waals surface area contributed by atoms with Crippen LogP contribution in [0.1, 0.15) is 183 Å². The van der Waals surface area contributed by atoms with Crippen LogP contribution in [-0.4, -0.2) is 65.9 Å². The monoisotopic (exact) mass is 1090 g/mol. The molecule has 0 radical (unpaired) electrons. The minimum Gasteiger partial charge on any atom is -0.482 e. The van der Waals surface area contributed by atoms with Gasteiger partial charge in [-0.15, -0.1) is 0 Å². The number of aliphatic hydroxyl groups is 3. The first-order valence-electron chi connectivity index (χ1n) is 30.5. The van der Waals surface area contributed by atoms with Crippen molar-refractivity contribution < 1.29 is 48.3 Å². The Hall–Kier alpha value is -6.11. The van der Waals surface area contributed by atoms with E-state index >= 15 is 9.59 Å². The molecule has 6 aliphatic carbocycles. The van der Waals surface area contributed by atoms with Crippen molar-refractivity contribution in [2.24, 2.45) is 29.6 Å². The third kappa shape index (κ3) is 9.10. The SMILES string of the molecule is COCC(CCO)c1c(CO)c2ccc3c(c2oc1=O)C1OC(=O)CC2CC(c4cccc5c4C=CC4CCCC6CCc7ccccc7C546)CCC2c2ccc(cc2)CCC(=C(C)CO)C(=O)OC1C1(CC=CC2CCCCC21)O3. The van der Waals surface area contributed by atoms with Crippen LogP contribution in [0, 0.1) is 29.6 Å². The van der Waals surface area contributed by atoms with E-state index in [9.17, 15) is 20.1 Å². The molecule has 14 rings (SSSR count). The summed E-state index contributed by atoms with van der Waals surface area (Å²) < 4.78 is 33.5. The summed E-state index contributed by atoms with van der Waals surface area (Å²) in [5.74, 6) is -0.241. The van der Waals surface area contributed by atoms with E-state index in [1.807, 2.05) is 6.07 Å². The average molecular weight is 1100 g/mol. The molecule has 2 bridgehead atoms. The Labute approximate surface area is 475 Å². The molecule has 11 heteroatoms. The molecule has 3 N–H and O–H groups in total. The number of aliphatic hydroxyl groups excluding tert-OH is 3. The van der Waals surface area contributed by atoms with E-state index in [1.165, 1.54) is 66.2 Å². The summed E-state index contributed by atoms with van der Waals surface area (Å²) in [6.07, 6.45) is 20.6. The molecule has 1 aromatic heterocycles. The smallest absolute Gasteiger partial charge is 0.340 e. The van der Waals surface area contributed by atoms with Gasteiger partial charge in [-0.1, -0.05) is 110 Å². The number of ether oxygens (including phenoxy) is 4. The Morgan fingerprint density at radius 2 is 1.65 bits per heavy atom. The van der Waals surface area contributed by atoms with E-state index in [0.29, 0.717) is 58.9 Å². The summed E-state index contributed by atoms with van der Waals surface area (Å²) in [4.78, 5) is 45.7. The van der Waals surface area contributed by atoms with Gasteiger partial charge in [0.1, 0.15) is 11.3 Å². The zero-order valence-corrected chi connectivity index (χ0v) is 47.0. The fourth-order valence-corrected chi connectivity index (χ4v) is 17.6. The van der Waals surface area contributed by atoms with Crippen LogP contribution in [0.4, 0.5) is 0 Å². The summed E-state index contributed by atoms with van der Waals surface area (Å²) in [6, 6.07) is 28.6. The van der Waals surface area contributed by atoms with Crippen LogP contribution in [0.15, 0.2) is 117 Å². The van der Waals surface area contributed by atoms with Crippen molar-refractivity contribution in [1.29, 1.82) is 0 Å². The van der Waals surface area contributed by atoms with Crippen molar-refractivity contribution >= 4 is 29.0 Å². The first-order chi connectivity index (χ1) is 39.6. The second-order valence-electron chi connectivity index (χ2n) is 25.1. The number of carbonyl (C=O) groups excluding carboxylic acids is 2. The Morgan fingerprint density at radius 3 is 2.48 bits per heavy atom. The van der Waals surface area contributed by atoms with Crippen molar-refractivity contribution in [1.82, 2.24) is 0 Å². The van der Waals surface area contributed by atoms with Gasteiger partial charge in [0.2, 0.25) is 0 Å². The summed E-state index contributed by atoms with van der Waals surface area (Å²) in [6.45, 7) is 0.747. The first-order valence-corrected chi connectivity index (χ1v) is 30.5. The predicted molar refractivity (Wildman–Crippen MR) is 310 cm³/mol. The lowest BCUT2D eigenvalue weighted by Crippen LogP contribution is -2.62. The quantitative estimate of drug-likeness (QED) is 0.0587. The Kier molecular flexibility index (Phi) is 14.9. The molecule has 3 aliphatic heterocycles. The third-order valence-electron chi connectivity index (χ3n) is 21.3. The molecule has 12 atom stereocenters. The van der Waals surface area contributed by atoms with Gasteiger partial charge in [0.15, 0.2) is 17.8 Å². The van der Waals surface area contributed by atoms with Crippen LogP contribution in [0.2, 0.25) is 0 Å². The molecule has 0 saturated heterocycles. The number of aryl methyl sites for hydroxylation is 2. The standard InChI is InChI=1S/C70H78O11/c1-41(38-72)51-28-21-42-19-22-43(23-20-42)52-29-25-46(53-15-8-18-59-54(53)30-27-50-14-7-13-49-26-24-45-11-4-6-17-58(45)70(49,50)59)36-48(52)37-61(74)78-65-63-60(81-69(66(65)80-67(51)75)34-9-12-44-10-3-5-16-57(44)69)32-31-55-56(39-73)62(68(76)79-64(55)63)47(33-35-71)40-77-2/h4,6,8-9,11-12,15,17-20,22-23,27,30-32,44,46-50,52,57,65-66,71-73H,3,5,7,10,13-14,16,21,24-26,28-29,33-40H2,1-2H3. The normalized spacial score (nSPS) is 31.4. The molecule has 424 valence electrons. The first kappa shape index (κ1) is 54.2. The van der Waals surface area contributed by atoms with Crippen molar-refractivity contribution in [2.45, 2.75) is 164 Å². The topological polar surface area (TPSA) is 162 Å². The maximum Gasteiger partial charge on any atom is 0.340 e. The molecule has 4 aromatic carbocycles. The van der Waals surface area contributed by atoms with E-state index in [-0.39, 0.29) is 84.4 Å². The van der Waals surface area contributed by atoms with E-state index in [1.54, 1.807) is 13.0 Å². The maximum atomic E-state index is 15.8. The van der Waals surface area contributed by atoms with Crippen molar-refractivity contribution in [3.8, 4) is 5.75 Å². The van der Waals surface area contributed by atoms with Gasteiger partial charge in [-0.3, -0.25) is 4.79 Å². The summed E-state index contributed by atoms with van der Waals surface area (Å²) in [5, 5.41) is 32.4. The highest BCUT2D eigenvalue weighted by Gasteiger charge is 2.61. The molecule has 0 amide bonds. The van der Waals surface area contributed by atoms with Gasteiger partial charge >= 0.3 is 17.6 Å². The third-order valence-corrected chi connectivity index (χ3v) is 21.3. The molecule has 3 saturated carbocycles. The minimum absolute atomic E-state index is 0.0469. The number of allylic oxidation sites excluding steroid dienone is 2. The molecule has 5 aromatic rings. The zero-order valence-electron chi connectivity index (χ0n) is 47.0. The lowest BCUT2D eigenvalue weighted by molar-refractivity contribution is -0.208. The number of rotatable bonds is 8. The van der Waals surface area contributed by atoms with Crippen molar-refractivity contribution in [3.63, 3.8) is 0 Å². The van der Waals surface area contributed by atoms with Gasteiger partial charge in [-0.25, -0.2) is 9.59 Å². The van der Waals surface area contributed by atoms with Crippen LogP contribution >= 0.6 is 0 Å². The predicted octanol–water partition coefficient (Wildman–Crippen LogP) is 12.5. The summed E-state index contributed by atoms with van der Waals surface area (Å²) >= 11 is 0. The zero-order chi connectivity index (χ0) is 55.6. The molecular weight excluding hydrogens is 1020 g/mol. The summed E-state index contributed by atoms with van der Waals surface area (Å²) in [5.41, 5.74) is 9.08. The summed E-state index contributed by atoms with van der Waals surface area (Å²) in [7, 11) is 1.52. The van der Waals surface area contributed by atoms with Crippen LogP contribution in [0.3, 0.4) is 0 Å². The Morgan fingerprint density at radius 1 is 0.815 bits per heavy atom. The van der Waals surface area contributed by atoms with Gasteiger partial charge in [0.05, 0.1) is 25.4 Å². The Bertz CT molecular complexity index is 3380. The number of methoxy groups -OCH3 is 1. The van der Waals surface area contributed by atoms with Crippen LogP contribution in [0.25, 0.3) is 17.0 Å². The minimum atomic E-state index is -1.31. The van der Waals surface area contributed by atoms with Gasteiger partial charge in [0.25, 0.3) is 0 Å². The number of hydrogen-bond donors (Lipinski definition) is 3. The number of fused-ring (bicyclic) bond motifs is 15. The number of hydrogen-bond acceptors (Lipinski definition) is 11. The molecule has 81 heavy (non-hydrogen) atoms. The molecule has 4 heterocycles. The molecule has 11 nitrogen and oxygen atoms in total. The lowest BCUT2D eigenvalue weighted by Gasteiger charge is -2.55. The number of carbonyl (C=O) groups is 2. The second kappa shape index (κ2) is 22.2. The van der Waals surface area contributed by atoms with Crippen molar-refractivity contribution in [2.75, 3.05) is 26.9 Å². The largest absolute Gasteiger partial charge is 0.482 e. The van der Waals surface area contributed by atoms with E-state index < -0.39 is 47.9 Å². The molecule has 12 unspecified atom stereocenters. The van der Waals surface area contributed by atoms with Crippen LogP contribution < -0.4 is 10.4 Å². The van der Waals surface area contributed by atoms with Crippen LogP contribution in [0.5, 0.6) is 5.75 Å². The van der Waals surface area contributed by atoms with E-state index in [2.05, 4.69) is 91.0 Å².